The number of ketones is 1. The van der Waals surface area contributed by atoms with Gasteiger partial charge in [-0.3, -0.25) is 4.79 Å². The number of carbonyl (C=O) groups excluding carboxylic acids is 1. The second kappa shape index (κ2) is 6.30. The first-order chi connectivity index (χ1) is 8.68. The summed E-state index contributed by atoms with van der Waals surface area (Å²) in [5.41, 5.74) is 1.92. The number of hydrogen-bond donors (Lipinski definition) is 0. The van der Waals surface area contributed by atoms with Crippen molar-refractivity contribution in [2.24, 2.45) is 0 Å². The molecule has 0 saturated carbocycles. The van der Waals surface area contributed by atoms with E-state index in [1.807, 2.05) is 48.5 Å². The Balaban J connectivity index is 2.07. The third-order valence-electron chi connectivity index (χ3n) is 2.76. The number of hydrogen-bond acceptors (Lipinski definition) is 1. The van der Waals surface area contributed by atoms with Gasteiger partial charge in [0, 0.05) is 20.9 Å². The van der Waals surface area contributed by atoms with Crippen LogP contribution in [0, 0.1) is 0 Å². The molecule has 0 radical (unpaired) electrons. The molecule has 2 aromatic carbocycles. The molecule has 0 fully saturated rings. The molecule has 0 N–H and O–H groups in total. The van der Waals surface area contributed by atoms with Gasteiger partial charge in [0.05, 0.1) is 0 Å². The van der Waals surface area contributed by atoms with Crippen molar-refractivity contribution in [3.05, 3.63) is 68.6 Å². The van der Waals surface area contributed by atoms with Crippen molar-refractivity contribution in [3.63, 3.8) is 0 Å². The maximum absolute atomic E-state index is 12.0. The van der Waals surface area contributed by atoms with Crippen LogP contribution in [0.5, 0.6) is 0 Å². The summed E-state index contributed by atoms with van der Waals surface area (Å²) in [6.45, 7) is 0. The fourth-order valence-corrected chi connectivity index (χ4v) is 3.17. The van der Waals surface area contributed by atoms with Gasteiger partial charge < -0.3 is 0 Å². The largest absolute Gasteiger partial charge is 0.294 e. The van der Waals surface area contributed by atoms with Gasteiger partial charge in [-0.2, -0.15) is 0 Å². The van der Waals surface area contributed by atoms with E-state index in [0.29, 0.717) is 6.42 Å². The molecule has 18 heavy (non-hydrogen) atoms. The van der Waals surface area contributed by atoms with E-state index >= 15 is 0 Å². The van der Waals surface area contributed by atoms with E-state index in [9.17, 15) is 4.79 Å². The molecule has 0 bridgehead atoms. The molecule has 0 aliphatic carbocycles. The zero-order valence-corrected chi connectivity index (χ0v) is 12.9. The third kappa shape index (κ3) is 3.30. The van der Waals surface area contributed by atoms with Gasteiger partial charge >= 0.3 is 0 Å². The molecule has 0 aliphatic heterocycles. The molecule has 0 amide bonds. The molecule has 0 heterocycles. The fraction of sp³-hybridized carbons (Fsp3) is 0.133. The first-order valence-electron chi connectivity index (χ1n) is 5.69. The van der Waals surface area contributed by atoms with Crippen LogP contribution in [0.2, 0.25) is 0 Å². The molecule has 0 atom stereocenters. The van der Waals surface area contributed by atoms with E-state index in [-0.39, 0.29) is 5.78 Å². The first-order valence-corrected chi connectivity index (χ1v) is 7.28. The molecule has 0 saturated heterocycles. The van der Waals surface area contributed by atoms with Crippen LogP contribution < -0.4 is 0 Å². The average molecular weight is 368 g/mol. The molecule has 2 aromatic rings. The van der Waals surface area contributed by atoms with E-state index < -0.39 is 0 Å². The van der Waals surface area contributed by atoms with Crippen LogP contribution in [-0.2, 0) is 6.42 Å². The Labute approximate surface area is 123 Å². The van der Waals surface area contributed by atoms with Gasteiger partial charge in [0.25, 0.3) is 0 Å². The number of rotatable bonds is 4. The summed E-state index contributed by atoms with van der Waals surface area (Å²) < 4.78 is 2.08. The molecule has 0 aliphatic rings. The van der Waals surface area contributed by atoms with Gasteiger partial charge in [-0.1, -0.05) is 68.3 Å². The molecular weight excluding hydrogens is 356 g/mol. The summed E-state index contributed by atoms with van der Waals surface area (Å²) in [5.74, 6) is 0.179. The van der Waals surface area contributed by atoms with E-state index in [1.54, 1.807) is 0 Å². The van der Waals surface area contributed by atoms with Crippen molar-refractivity contribution in [2.45, 2.75) is 12.8 Å². The van der Waals surface area contributed by atoms with Gasteiger partial charge in [0.2, 0.25) is 0 Å². The van der Waals surface area contributed by atoms with Crippen LogP contribution in [0.1, 0.15) is 22.3 Å². The zero-order valence-electron chi connectivity index (χ0n) is 9.70. The van der Waals surface area contributed by atoms with E-state index in [2.05, 4.69) is 31.9 Å². The van der Waals surface area contributed by atoms with E-state index in [1.165, 1.54) is 0 Å². The smallest absolute Gasteiger partial charge is 0.163 e. The maximum atomic E-state index is 12.0. The van der Waals surface area contributed by atoms with Crippen LogP contribution >= 0.6 is 31.9 Å². The van der Waals surface area contributed by atoms with Crippen LogP contribution in [0.15, 0.2) is 57.5 Å². The topological polar surface area (TPSA) is 17.1 Å². The SMILES string of the molecule is O=C(CCc1c(Br)cccc1Br)c1ccccc1. The highest BCUT2D eigenvalue weighted by molar-refractivity contribution is 9.11. The van der Waals surface area contributed by atoms with Gasteiger partial charge in [0.1, 0.15) is 0 Å². The zero-order chi connectivity index (χ0) is 13.0. The number of halogens is 2. The summed E-state index contributed by atoms with van der Waals surface area (Å²) in [7, 11) is 0. The standard InChI is InChI=1S/C15H12Br2O/c16-13-7-4-8-14(17)12(13)9-10-15(18)11-5-2-1-3-6-11/h1-8H,9-10H2. The van der Waals surface area contributed by atoms with Gasteiger partial charge in [0.15, 0.2) is 5.78 Å². The molecule has 3 heteroatoms. The lowest BCUT2D eigenvalue weighted by atomic mass is 10.0. The van der Waals surface area contributed by atoms with Crippen molar-refractivity contribution in [1.82, 2.24) is 0 Å². The highest BCUT2D eigenvalue weighted by atomic mass is 79.9. The van der Waals surface area contributed by atoms with Crippen LogP contribution in [0.4, 0.5) is 0 Å². The normalized spacial score (nSPS) is 10.3. The van der Waals surface area contributed by atoms with Crippen molar-refractivity contribution in [1.29, 1.82) is 0 Å². The van der Waals surface area contributed by atoms with Crippen LogP contribution in [0.3, 0.4) is 0 Å². The van der Waals surface area contributed by atoms with Crippen LogP contribution in [0.25, 0.3) is 0 Å². The number of carbonyl (C=O) groups is 1. The molecule has 0 aromatic heterocycles. The summed E-state index contributed by atoms with van der Waals surface area (Å²) in [5, 5.41) is 0. The lowest BCUT2D eigenvalue weighted by molar-refractivity contribution is 0.0983. The molecular formula is C15H12Br2O. The predicted molar refractivity (Wildman–Crippen MR) is 80.9 cm³/mol. The molecule has 1 nitrogen and oxygen atoms in total. The van der Waals surface area contributed by atoms with Gasteiger partial charge in [-0.15, -0.1) is 0 Å². The lowest BCUT2D eigenvalue weighted by Gasteiger charge is -2.06. The molecule has 2 rings (SSSR count). The number of benzene rings is 2. The Hall–Kier alpha value is -0.930. The number of Topliss-reactive ketones (excluding diaryl/α,β-unsaturated/α-hetero) is 1. The summed E-state index contributed by atoms with van der Waals surface area (Å²) >= 11 is 7.02. The Morgan fingerprint density at radius 2 is 1.50 bits per heavy atom. The summed E-state index contributed by atoms with van der Waals surface area (Å²) in [6.07, 6.45) is 1.25. The monoisotopic (exact) mass is 366 g/mol. The van der Waals surface area contributed by atoms with Crippen molar-refractivity contribution < 1.29 is 4.79 Å². The van der Waals surface area contributed by atoms with Crippen LogP contribution in [-0.4, -0.2) is 5.78 Å². The Kier molecular flexibility index (Phi) is 4.72. The highest BCUT2D eigenvalue weighted by Gasteiger charge is 2.09. The van der Waals surface area contributed by atoms with E-state index in [0.717, 1.165) is 26.5 Å². The minimum atomic E-state index is 0.179. The minimum Gasteiger partial charge on any atom is -0.294 e. The van der Waals surface area contributed by atoms with Crippen molar-refractivity contribution in [3.8, 4) is 0 Å². The second-order valence-electron chi connectivity index (χ2n) is 3.99. The Morgan fingerprint density at radius 1 is 0.889 bits per heavy atom. The van der Waals surface area contributed by atoms with Crippen molar-refractivity contribution in [2.75, 3.05) is 0 Å². The quantitative estimate of drug-likeness (QED) is 0.693. The lowest BCUT2D eigenvalue weighted by Crippen LogP contribution is -2.01. The molecule has 0 unspecified atom stereocenters. The van der Waals surface area contributed by atoms with Gasteiger partial charge in [-0.25, -0.2) is 0 Å². The Bertz CT molecular complexity index is 529. The molecule has 0 spiro atoms. The third-order valence-corrected chi connectivity index (χ3v) is 4.25. The summed E-state index contributed by atoms with van der Waals surface area (Å²) in [4.78, 5) is 12.0. The fourth-order valence-electron chi connectivity index (χ4n) is 1.78. The van der Waals surface area contributed by atoms with Gasteiger partial charge in [-0.05, 0) is 24.1 Å². The molecule has 92 valence electrons. The highest BCUT2D eigenvalue weighted by Crippen LogP contribution is 2.26. The second-order valence-corrected chi connectivity index (χ2v) is 5.70. The average Bonchev–Trinajstić information content (AvgIpc) is 2.39. The Morgan fingerprint density at radius 3 is 2.11 bits per heavy atom. The van der Waals surface area contributed by atoms with Crippen molar-refractivity contribution >= 4 is 37.6 Å². The maximum Gasteiger partial charge on any atom is 0.163 e. The summed E-state index contributed by atoms with van der Waals surface area (Å²) in [6, 6.07) is 15.4. The minimum absolute atomic E-state index is 0.179. The van der Waals surface area contributed by atoms with E-state index in [4.69, 9.17) is 0 Å². The predicted octanol–water partition coefficient (Wildman–Crippen LogP) is 5.03. The first kappa shape index (κ1) is 13.5.